The van der Waals surface area contributed by atoms with Crippen LogP contribution in [0.2, 0.25) is 0 Å². The first-order chi connectivity index (χ1) is 12.0. The van der Waals surface area contributed by atoms with Crippen LogP contribution in [0.1, 0.15) is 35.1 Å². The van der Waals surface area contributed by atoms with Crippen LogP contribution in [0.15, 0.2) is 47.4 Å². The molecule has 130 valence electrons. The van der Waals surface area contributed by atoms with Gasteiger partial charge in [0.05, 0.1) is 29.7 Å². The summed E-state index contributed by atoms with van der Waals surface area (Å²) >= 11 is 0. The Bertz CT molecular complexity index is 952. The van der Waals surface area contributed by atoms with E-state index in [9.17, 15) is 13.2 Å². The molecule has 1 aliphatic carbocycles. The van der Waals surface area contributed by atoms with Crippen molar-refractivity contribution in [3.05, 3.63) is 59.2 Å². The lowest BCUT2D eigenvalue weighted by molar-refractivity contribution is -0.123. The molecule has 1 heterocycles. The number of carbonyl (C=O) groups excluding carboxylic acids is 1. The number of aryl methyl sites for hydroxylation is 1. The zero-order valence-electron chi connectivity index (χ0n) is 13.9. The first-order valence-corrected chi connectivity index (χ1v) is 9.94. The fourth-order valence-corrected chi connectivity index (χ4v) is 5.56. The van der Waals surface area contributed by atoms with E-state index < -0.39 is 15.9 Å². The first-order valence-electron chi connectivity index (χ1n) is 8.28. The van der Waals surface area contributed by atoms with Gasteiger partial charge in [-0.1, -0.05) is 24.3 Å². The molecule has 6 heteroatoms. The number of hydrogen-bond acceptors (Lipinski definition) is 4. The van der Waals surface area contributed by atoms with E-state index in [1.54, 1.807) is 31.4 Å². The van der Waals surface area contributed by atoms with Gasteiger partial charge in [-0.3, -0.25) is 4.79 Å². The highest BCUT2D eigenvalue weighted by molar-refractivity contribution is 7.91. The number of ether oxygens (including phenoxy) is 1. The van der Waals surface area contributed by atoms with Gasteiger partial charge < -0.3 is 10.1 Å². The van der Waals surface area contributed by atoms with Crippen molar-refractivity contribution in [3.8, 4) is 5.75 Å². The van der Waals surface area contributed by atoms with E-state index in [-0.39, 0.29) is 17.6 Å². The predicted molar refractivity (Wildman–Crippen MR) is 93.4 cm³/mol. The number of benzene rings is 2. The van der Waals surface area contributed by atoms with Crippen LogP contribution in [0.3, 0.4) is 0 Å². The molecule has 0 spiro atoms. The number of carbonyl (C=O) groups is 1. The topological polar surface area (TPSA) is 72.5 Å². The van der Waals surface area contributed by atoms with Crippen LogP contribution < -0.4 is 10.1 Å². The summed E-state index contributed by atoms with van der Waals surface area (Å²) in [6, 6.07) is 12.2. The highest BCUT2D eigenvalue weighted by Gasteiger charge is 2.37. The minimum atomic E-state index is -3.33. The Labute approximate surface area is 146 Å². The minimum Gasteiger partial charge on any atom is -0.497 e. The molecule has 1 aliphatic heterocycles. The smallest absolute Gasteiger partial charge is 0.228 e. The summed E-state index contributed by atoms with van der Waals surface area (Å²) < 4.78 is 29.8. The minimum absolute atomic E-state index is 0.0736. The molecule has 25 heavy (non-hydrogen) atoms. The highest BCUT2D eigenvalue weighted by Crippen LogP contribution is 2.38. The van der Waals surface area contributed by atoms with Gasteiger partial charge in [0.1, 0.15) is 5.75 Å². The number of hydrogen-bond donors (Lipinski definition) is 1. The van der Waals surface area contributed by atoms with Crippen molar-refractivity contribution in [1.29, 1.82) is 0 Å². The van der Waals surface area contributed by atoms with Crippen LogP contribution in [-0.2, 0) is 21.1 Å². The SMILES string of the molecule is COc1ccc2c(c1)C(C(=O)NC1CS(=O)(=O)c3ccccc31)CC2. The van der Waals surface area contributed by atoms with Crippen molar-refractivity contribution in [2.75, 3.05) is 12.9 Å². The molecule has 0 saturated carbocycles. The van der Waals surface area contributed by atoms with Crippen LogP contribution in [0.5, 0.6) is 5.75 Å². The Kier molecular flexibility index (Phi) is 3.80. The van der Waals surface area contributed by atoms with Gasteiger partial charge in [0, 0.05) is 0 Å². The van der Waals surface area contributed by atoms with E-state index in [0.717, 1.165) is 29.7 Å². The Balaban J connectivity index is 1.59. The average Bonchev–Trinajstić information content (AvgIpc) is 3.14. The maximum Gasteiger partial charge on any atom is 0.228 e. The third-order valence-electron chi connectivity index (χ3n) is 5.08. The van der Waals surface area contributed by atoms with E-state index in [1.807, 2.05) is 18.2 Å². The molecular formula is C19H19NO4S. The molecule has 4 rings (SSSR count). The Hall–Kier alpha value is -2.34. The monoisotopic (exact) mass is 357 g/mol. The third-order valence-corrected chi connectivity index (χ3v) is 6.89. The zero-order valence-corrected chi connectivity index (χ0v) is 14.7. The number of methoxy groups -OCH3 is 1. The number of nitrogens with one attached hydrogen (secondary N) is 1. The maximum absolute atomic E-state index is 12.8. The molecule has 2 atom stereocenters. The molecule has 2 aliphatic rings. The Morgan fingerprint density at radius 1 is 1.16 bits per heavy atom. The fourth-order valence-electron chi connectivity index (χ4n) is 3.82. The number of sulfone groups is 1. The van der Waals surface area contributed by atoms with Gasteiger partial charge in [-0.15, -0.1) is 0 Å². The van der Waals surface area contributed by atoms with Crippen LogP contribution >= 0.6 is 0 Å². The summed E-state index contributed by atoms with van der Waals surface area (Å²) in [7, 11) is -1.73. The van der Waals surface area contributed by atoms with E-state index in [0.29, 0.717) is 10.5 Å². The van der Waals surface area contributed by atoms with Crippen LogP contribution in [0.25, 0.3) is 0 Å². The highest BCUT2D eigenvalue weighted by atomic mass is 32.2. The van der Waals surface area contributed by atoms with Crippen LogP contribution in [0.4, 0.5) is 0 Å². The summed E-state index contributed by atoms with van der Waals surface area (Å²) in [6.45, 7) is 0. The predicted octanol–water partition coefficient (Wildman–Crippen LogP) is 2.37. The van der Waals surface area contributed by atoms with Crippen LogP contribution in [0, 0.1) is 0 Å². The molecule has 0 radical (unpaired) electrons. The second-order valence-corrected chi connectivity index (χ2v) is 8.54. The van der Waals surface area contributed by atoms with Crippen LogP contribution in [-0.4, -0.2) is 27.2 Å². The van der Waals surface area contributed by atoms with E-state index >= 15 is 0 Å². The van der Waals surface area contributed by atoms with Gasteiger partial charge in [-0.05, 0) is 47.7 Å². The van der Waals surface area contributed by atoms with Gasteiger partial charge in [0.25, 0.3) is 0 Å². The zero-order chi connectivity index (χ0) is 17.6. The molecule has 0 saturated heterocycles. The summed E-state index contributed by atoms with van der Waals surface area (Å²) in [5, 5.41) is 2.95. The molecule has 1 N–H and O–H groups in total. The first kappa shape index (κ1) is 16.1. The van der Waals surface area contributed by atoms with Crippen molar-refractivity contribution in [2.45, 2.75) is 29.7 Å². The Morgan fingerprint density at radius 2 is 1.96 bits per heavy atom. The summed E-state index contributed by atoms with van der Waals surface area (Å²) in [5.41, 5.74) is 2.81. The lowest BCUT2D eigenvalue weighted by Crippen LogP contribution is -2.33. The largest absolute Gasteiger partial charge is 0.497 e. The number of fused-ring (bicyclic) bond motifs is 2. The molecule has 2 aromatic rings. The van der Waals surface area contributed by atoms with Crippen molar-refractivity contribution in [2.24, 2.45) is 0 Å². The van der Waals surface area contributed by atoms with Gasteiger partial charge >= 0.3 is 0 Å². The lowest BCUT2D eigenvalue weighted by atomic mass is 9.99. The standard InChI is InChI=1S/C19H19NO4S/c1-24-13-8-6-12-7-9-14(16(12)10-13)19(21)20-17-11-25(22,23)18-5-3-2-4-15(17)18/h2-6,8,10,14,17H,7,9,11H2,1H3,(H,20,21). The number of rotatable bonds is 3. The van der Waals surface area contributed by atoms with Crippen molar-refractivity contribution in [1.82, 2.24) is 5.32 Å². The second-order valence-electron chi connectivity index (χ2n) is 6.54. The van der Waals surface area contributed by atoms with E-state index in [2.05, 4.69) is 5.32 Å². The Morgan fingerprint density at radius 3 is 2.76 bits per heavy atom. The molecule has 2 aromatic carbocycles. The summed E-state index contributed by atoms with van der Waals surface area (Å²) in [4.78, 5) is 13.2. The van der Waals surface area contributed by atoms with Gasteiger partial charge in [-0.25, -0.2) is 8.42 Å². The summed E-state index contributed by atoms with van der Waals surface area (Å²) in [5.74, 6) is 0.271. The van der Waals surface area contributed by atoms with Gasteiger partial charge in [0.15, 0.2) is 9.84 Å². The third kappa shape index (κ3) is 2.70. The maximum atomic E-state index is 12.8. The quantitative estimate of drug-likeness (QED) is 0.915. The second kappa shape index (κ2) is 5.88. The molecule has 0 aromatic heterocycles. The van der Waals surface area contributed by atoms with E-state index in [4.69, 9.17) is 4.74 Å². The average molecular weight is 357 g/mol. The fraction of sp³-hybridized carbons (Fsp3) is 0.316. The summed E-state index contributed by atoms with van der Waals surface area (Å²) in [6.07, 6.45) is 1.58. The normalized spacial score (nSPS) is 22.9. The number of amides is 1. The molecule has 0 fully saturated rings. The molecule has 0 bridgehead atoms. The molecule has 5 nitrogen and oxygen atoms in total. The van der Waals surface area contributed by atoms with Crippen molar-refractivity contribution < 1.29 is 17.9 Å². The van der Waals surface area contributed by atoms with Gasteiger partial charge in [0.2, 0.25) is 5.91 Å². The molecule has 1 amide bonds. The molecule has 2 unspecified atom stereocenters. The van der Waals surface area contributed by atoms with Crippen molar-refractivity contribution >= 4 is 15.7 Å². The van der Waals surface area contributed by atoms with Crippen molar-refractivity contribution in [3.63, 3.8) is 0 Å². The lowest BCUT2D eigenvalue weighted by Gasteiger charge is -2.17. The van der Waals surface area contributed by atoms with E-state index in [1.165, 1.54) is 0 Å². The molecular weight excluding hydrogens is 338 g/mol. The van der Waals surface area contributed by atoms with Gasteiger partial charge in [-0.2, -0.15) is 0 Å².